The summed E-state index contributed by atoms with van der Waals surface area (Å²) in [6, 6.07) is 9.81. The van der Waals surface area contributed by atoms with Crippen molar-refractivity contribution in [2.24, 2.45) is 0 Å². The minimum absolute atomic E-state index is 0.133. The Morgan fingerprint density at radius 1 is 1.07 bits per heavy atom. The molecular formula is C21H20Cl2FN5O. The molecule has 1 amide bonds. The summed E-state index contributed by atoms with van der Waals surface area (Å²) in [4.78, 5) is 21.4. The molecule has 0 spiro atoms. The van der Waals surface area contributed by atoms with Crippen LogP contribution < -0.4 is 4.90 Å². The van der Waals surface area contributed by atoms with E-state index in [1.54, 1.807) is 40.9 Å². The molecule has 0 aliphatic carbocycles. The van der Waals surface area contributed by atoms with Gasteiger partial charge in [-0.3, -0.25) is 4.79 Å². The number of piperazine rings is 1. The fourth-order valence-electron chi connectivity index (χ4n) is 3.52. The summed E-state index contributed by atoms with van der Waals surface area (Å²) in [5.41, 5.74) is 1.84. The minimum atomic E-state index is -0.301. The first kappa shape index (κ1) is 20.6. The van der Waals surface area contributed by atoms with E-state index in [1.165, 1.54) is 12.1 Å². The number of carbonyl (C=O) groups is 1. The van der Waals surface area contributed by atoms with Crippen molar-refractivity contribution in [2.75, 3.05) is 31.1 Å². The van der Waals surface area contributed by atoms with Crippen molar-refractivity contribution < 1.29 is 9.18 Å². The summed E-state index contributed by atoms with van der Waals surface area (Å²) in [5, 5.41) is 5.31. The molecule has 2 aromatic heterocycles. The van der Waals surface area contributed by atoms with Gasteiger partial charge in [0.25, 0.3) is 5.91 Å². The fourth-order valence-corrected chi connectivity index (χ4v) is 3.94. The third kappa shape index (κ3) is 4.27. The van der Waals surface area contributed by atoms with Gasteiger partial charge in [0.1, 0.15) is 16.8 Å². The van der Waals surface area contributed by atoms with Crippen molar-refractivity contribution in [3.63, 3.8) is 0 Å². The van der Waals surface area contributed by atoms with E-state index in [2.05, 4.69) is 15.0 Å². The largest absolute Gasteiger partial charge is 0.353 e. The smallest absolute Gasteiger partial charge is 0.259 e. The number of carbonyl (C=O) groups excluding carboxylic acids is 1. The first-order valence-corrected chi connectivity index (χ1v) is 10.3. The van der Waals surface area contributed by atoms with Gasteiger partial charge in [-0.1, -0.05) is 35.3 Å². The average Bonchev–Trinajstić information content (AvgIpc) is 3.03. The van der Waals surface area contributed by atoms with Crippen molar-refractivity contribution in [2.45, 2.75) is 13.5 Å². The quantitative estimate of drug-likeness (QED) is 0.605. The Kier molecular flexibility index (Phi) is 5.92. The predicted molar refractivity (Wildman–Crippen MR) is 115 cm³/mol. The number of hydrogen-bond donors (Lipinski definition) is 0. The summed E-state index contributed by atoms with van der Waals surface area (Å²) >= 11 is 12.4. The molecule has 0 saturated carbocycles. The fraction of sp³-hybridized carbons (Fsp3) is 0.286. The van der Waals surface area contributed by atoms with Gasteiger partial charge >= 0.3 is 0 Å². The maximum atomic E-state index is 13.1. The highest BCUT2D eigenvalue weighted by Gasteiger charge is 2.28. The van der Waals surface area contributed by atoms with Crippen molar-refractivity contribution in [3.05, 3.63) is 75.4 Å². The van der Waals surface area contributed by atoms with Gasteiger partial charge in [-0.15, -0.1) is 0 Å². The molecule has 1 fully saturated rings. The molecule has 0 radical (unpaired) electrons. The van der Waals surface area contributed by atoms with Gasteiger partial charge in [-0.05, 0) is 36.8 Å². The molecule has 0 unspecified atom stereocenters. The van der Waals surface area contributed by atoms with Crippen LogP contribution in [0.1, 0.15) is 21.6 Å². The molecule has 0 atom stereocenters. The van der Waals surface area contributed by atoms with Crippen LogP contribution in [0.25, 0.3) is 0 Å². The first-order chi connectivity index (χ1) is 14.4. The van der Waals surface area contributed by atoms with E-state index in [9.17, 15) is 9.18 Å². The first-order valence-electron chi connectivity index (χ1n) is 9.55. The minimum Gasteiger partial charge on any atom is -0.353 e. The highest BCUT2D eigenvalue weighted by Crippen LogP contribution is 2.24. The van der Waals surface area contributed by atoms with Crippen LogP contribution in [0, 0.1) is 12.7 Å². The Bertz CT molecular complexity index is 1040. The zero-order valence-electron chi connectivity index (χ0n) is 16.4. The maximum absolute atomic E-state index is 13.1. The second-order valence-electron chi connectivity index (χ2n) is 7.15. The van der Waals surface area contributed by atoms with Gasteiger partial charge in [-0.2, -0.15) is 5.10 Å². The lowest BCUT2D eigenvalue weighted by Crippen LogP contribution is -2.49. The van der Waals surface area contributed by atoms with E-state index in [0.717, 1.165) is 11.4 Å². The third-order valence-corrected chi connectivity index (χ3v) is 5.74. The van der Waals surface area contributed by atoms with E-state index < -0.39 is 0 Å². The normalized spacial score (nSPS) is 14.3. The van der Waals surface area contributed by atoms with Gasteiger partial charge < -0.3 is 9.80 Å². The van der Waals surface area contributed by atoms with Crippen molar-refractivity contribution >= 4 is 34.9 Å². The highest BCUT2D eigenvalue weighted by molar-refractivity contribution is 6.33. The third-order valence-electron chi connectivity index (χ3n) is 5.13. The predicted octanol–water partition coefficient (Wildman–Crippen LogP) is 4.04. The molecule has 0 bridgehead atoms. The number of rotatable bonds is 4. The number of pyridine rings is 1. The van der Waals surface area contributed by atoms with Crippen LogP contribution in [0.5, 0.6) is 0 Å². The van der Waals surface area contributed by atoms with Gasteiger partial charge in [0.2, 0.25) is 0 Å². The molecule has 0 N–H and O–H groups in total. The number of aromatic nitrogens is 3. The lowest BCUT2D eigenvalue weighted by atomic mass is 10.2. The summed E-state index contributed by atoms with van der Waals surface area (Å²) in [6.07, 6.45) is 1.62. The number of nitrogens with zero attached hydrogens (tertiary/aromatic N) is 5. The number of hydrogen-bond acceptors (Lipinski definition) is 4. The van der Waals surface area contributed by atoms with Crippen molar-refractivity contribution in [1.29, 1.82) is 0 Å². The number of aryl methyl sites for hydroxylation is 1. The van der Waals surface area contributed by atoms with Crippen LogP contribution >= 0.6 is 23.2 Å². The zero-order chi connectivity index (χ0) is 21.3. The molecule has 1 aliphatic heterocycles. The second-order valence-corrected chi connectivity index (χ2v) is 7.94. The van der Waals surface area contributed by atoms with E-state index in [0.29, 0.717) is 54.2 Å². The molecule has 156 valence electrons. The monoisotopic (exact) mass is 447 g/mol. The second kappa shape index (κ2) is 8.62. The zero-order valence-corrected chi connectivity index (χ0v) is 17.9. The lowest BCUT2D eigenvalue weighted by molar-refractivity contribution is 0.0746. The van der Waals surface area contributed by atoms with E-state index >= 15 is 0 Å². The molecule has 3 heterocycles. The number of amides is 1. The number of halogens is 3. The van der Waals surface area contributed by atoms with E-state index in [4.69, 9.17) is 23.2 Å². The van der Waals surface area contributed by atoms with Crippen molar-refractivity contribution in [3.8, 4) is 0 Å². The lowest BCUT2D eigenvalue weighted by Gasteiger charge is -2.35. The maximum Gasteiger partial charge on any atom is 0.259 e. The van der Waals surface area contributed by atoms with Crippen LogP contribution in [-0.2, 0) is 6.54 Å². The van der Waals surface area contributed by atoms with Crippen LogP contribution in [0.15, 0.2) is 42.6 Å². The summed E-state index contributed by atoms with van der Waals surface area (Å²) in [7, 11) is 0. The number of benzene rings is 1. The van der Waals surface area contributed by atoms with Gasteiger partial charge in [0.05, 0.1) is 22.8 Å². The SMILES string of the molecule is Cc1nn(Cc2ccc(F)cc2)c(Cl)c1C(=O)N1CCN(c2ccc(Cl)cn2)CC1. The van der Waals surface area contributed by atoms with Gasteiger partial charge in [0, 0.05) is 32.4 Å². The summed E-state index contributed by atoms with van der Waals surface area (Å²) < 4.78 is 14.7. The Hall–Kier alpha value is -2.64. The number of anilines is 1. The van der Waals surface area contributed by atoms with Crippen LogP contribution in [0.3, 0.4) is 0 Å². The summed E-state index contributed by atoms with van der Waals surface area (Å²) in [5.74, 6) is 0.407. The van der Waals surface area contributed by atoms with E-state index in [-0.39, 0.29) is 11.7 Å². The Morgan fingerprint density at radius 3 is 2.40 bits per heavy atom. The average molecular weight is 448 g/mol. The summed E-state index contributed by atoms with van der Waals surface area (Å²) in [6.45, 7) is 4.59. The molecule has 1 aromatic carbocycles. The molecule has 9 heteroatoms. The Morgan fingerprint density at radius 2 is 1.77 bits per heavy atom. The molecule has 30 heavy (non-hydrogen) atoms. The van der Waals surface area contributed by atoms with E-state index in [1.807, 2.05) is 6.07 Å². The Balaban J connectivity index is 1.45. The van der Waals surface area contributed by atoms with Crippen molar-refractivity contribution in [1.82, 2.24) is 19.7 Å². The standard InChI is InChI=1S/C21H20Cl2FN5O/c1-14-19(20(23)29(26-14)13-15-2-5-17(24)6-3-15)21(30)28-10-8-27(9-11-28)18-7-4-16(22)12-25-18/h2-7,12H,8-11,13H2,1H3. The molecule has 4 rings (SSSR count). The topological polar surface area (TPSA) is 54.3 Å². The Labute approximate surface area is 183 Å². The molecule has 3 aromatic rings. The molecular weight excluding hydrogens is 428 g/mol. The molecule has 1 aliphatic rings. The van der Waals surface area contributed by atoms with Gasteiger partial charge in [-0.25, -0.2) is 14.1 Å². The van der Waals surface area contributed by atoms with Crippen LogP contribution in [0.2, 0.25) is 10.2 Å². The van der Waals surface area contributed by atoms with Gasteiger partial charge in [0.15, 0.2) is 0 Å². The highest BCUT2D eigenvalue weighted by atomic mass is 35.5. The van der Waals surface area contributed by atoms with Crippen LogP contribution in [0.4, 0.5) is 10.2 Å². The molecule has 6 nitrogen and oxygen atoms in total. The molecule has 1 saturated heterocycles. The van der Waals surface area contributed by atoms with Crippen LogP contribution in [-0.4, -0.2) is 51.8 Å².